The average molecular weight is 310 g/mol. The van der Waals surface area contributed by atoms with Gasteiger partial charge in [-0.1, -0.05) is 0 Å². The molecule has 13 heavy (non-hydrogen) atoms. The standard InChI is InChI=1S/C6H10O4S.CH3.Sn/c7-5(8)1-3-11-4-2-6(9)10;;/h1-4H2,(H,7,8)(H,9,10);1H3;/q;;+2/p-2. The van der Waals surface area contributed by atoms with E-state index < -0.39 is 20.6 Å². The van der Waals surface area contributed by atoms with Crippen molar-refractivity contribution < 1.29 is 15.7 Å². The van der Waals surface area contributed by atoms with Crippen molar-refractivity contribution in [1.29, 1.82) is 0 Å². The second kappa shape index (κ2) is 5.74. The molecule has 1 aliphatic rings. The quantitative estimate of drug-likeness (QED) is 0.617. The van der Waals surface area contributed by atoms with Gasteiger partial charge in [0.05, 0.1) is 0 Å². The first-order valence-corrected chi connectivity index (χ1v) is 10.3. The van der Waals surface area contributed by atoms with Crippen molar-refractivity contribution in [2.75, 3.05) is 11.5 Å². The minimum absolute atomic E-state index is 0.223. The zero-order chi connectivity index (χ0) is 9.68. The summed E-state index contributed by atoms with van der Waals surface area (Å²) < 4.78 is 10.00. The van der Waals surface area contributed by atoms with Crippen LogP contribution in [0.4, 0.5) is 0 Å². The van der Waals surface area contributed by atoms with E-state index in [4.69, 9.17) is 6.15 Å². The van der Waals surface area contributed by atoms with E-state index in [9.17, 15) is 9.59 Å². The molecule has 0 aromatic heterocycles. The summed E-state index contributed by atoms with van der Waals surface area (Å²) in [6, 6.07) is 0. The third kappa shape index (κ3) is 4.75. The molecular formula is C7H11O4SSn. The van der Waals surface area contributed by atoms with Gasteiger partial charge in [-0.05, 0) is 0 Å². The van der Waals surface area contributed by atoms with Gasteiger partial charge in [0.1, 0.15) is 0 Å². The Bertz CT molecular complexity index is 189. The molecule has 0 bridgehead atoms. The zero-order valence-electron chi connectivity index (χ0n) is 7.37. The van der Waals surface area contributed by atoms with Crippen LogP contribution in [0.5, 0.6) is 0 Å². The number of carbonyl (C=O) groups excluding carboxylic acids is 2. The SMILES string of the molecule is [CH3][Sn]1[O]C(=O)CCSCCC(=O)[O]1. The van der Waals surface area contributed by atoms with Crippen LogP contribution in [0.25, 0.3) is 0 Å². The summed E-state index contributed by atoms with van der Waals surface area (Å²) in [6.07, 6.45) is 0.861. The number of thioether (sulfide) groups is 1. The summed E-state index contributed by atoms with van der Waals surface area (Å²) in [4.78, 5) is 23.8. The zero-order valence-corrected chi connectivity index (χ0v) is 11.0. The molecule has 0 spiro atoms. The second-order valence-electron chi connectivity index (χ2n) is 2.55. The molecule has 0 aromatic rings. The van der Waals surface area contributed by atoms with Crippen molar-refractivity contribution in [1.82, 2.24) is 0 Å². The van der Waals surface area contributed by atoms with Gasteiger partial charge in [-0.15, -0.1) is 0 Å². The second-order valence-corrected chi connectivity index (χ2v) is 7.75. The first-order valence-electron chi connectivity index (χ1n) is 4.01. The van der Waals surface area contributed by atoms with Crippen LogP contribution in [0, 0.1) is 0 Å². The number of carbonyl (C=O) groups is 2. The summed E-state index contributed by atoms with van der Waals surface area (Å²) >= 11 is -0.999. The fourth-order valence-corrected chi connectivity index (χ4v) is 4.21. The molecule has 1 aliphatic heterocycles. The topological polar surface area (TPSA) is 52.6 Å². The summed E-state index contributed by atoms with van der Waals surface area (Å²) in [6.45, 7) is 0. The van der Waals surface area contributed by atoms with Gasteiger partial charge in [0.25, 0.3) is 0 Å². The molecule has 0 saturated carbocycles. The Labute approximate surface area is 89.2 Å². The molecule has 0 atom stereocenters. The summed E-state index contributed by atoms with van der Waals surface area (Å²) in [5.74, 6) is 1.03. The van der Waals surface area contributed by atoms with Crippen LogP contribution in [0.15, 0.2) is 0 Å². The molecule has 0 aliphatic carbocycles. The van der Waals surface area contributed by atoms with Gasteiger partial charge in [0, 0.05) is 0 Å². The van der Waals surface area contributed by atoms with E-state index in [1.54, 1.807) is 16.7 Å². The molecular weight excluding hydrogens is 299 g/mol. The Kier molecular flexibility index (Phi) is 4.93. The van der Waals surface area contributed by atoms with Crippen LogP contribution in [-0.2, 0) is 15.7 Å². The number of hydrogen-bond acceptors (Lipinski definition) is 5. The van der Waals surface area contributed by atoms with Crippen molar-refractivity contribution in [3.63, 3.8) is 0 Å². The predicted molar refractivity (Wildman–Crippen MR) is 50.4 cm³/mol. The van der Waals surface area contributed by atoms with Gasteiger partial charge in [-0.2, -0.15) is 0 Å². The molecule has 1 rings (SSSR count). The third-order valence-corrected chi connectivity index (χ3v) is 5.34. The maximum absolute atomic E-state index is 11.0. The van der Waals surface area contributed by atoms with Crippen molar-refractivity contribution in [3.05, 3.63) is 0 Å². The van der Waals surface area contributed by atoms with E-state index in [1.165, 1.54) is 0 Å². The first-order chi connectivity index (χ1) is 6.18. The molecule has 1 fully saturated rings. The van der Waals surface area contributed by atoms with E-state index in [-0.39, 0.29) is 11.9 Å². The Morgan fingerprint density at radius 1 is 1.15 bits per heavy atom. The Morgan fingerprint density at radius 3 is 2.08 bits per heavy atom. The van der Waals surface area contributed by atoms with Gasteiger partial charge in [0.15, 0.2) is 0 Å². The van der Waals surface area contributed by atoms with Gasteiger partial charge in [-0.3, -0.25) is 0 Å². The summed E-state index contributed by atoms with van der Waals surface area (Å²) in [7, 11) is 0. The Morgan fingerprint density at radius 2 is 1.62 bits per heavy atom. The molecule has 4 nitrogen and oxygen atoms in total. The van der Waals surface area contributed by atoms with E-state index in [2.05, 4.69) is 0 Å². The molecule has 0 N–H and O–H groups in total. The van der Waals surface area contributed by atoms with Crippen LogP contribution in [0.3, 0.4) is 0 Å². The monoisotopic (exact) mass is 311 g/mol. The molecule has 6 heteroatoms. The Hall–Kier alpha value is 0.0887. The molecule has 1 saturated heterocycles. The fourth-order valence-electron chi connectivity index (χ4n) is 0.857. The van der Waals surface area contributed by atoms with Crippen LogP contribution in [-0.4, -0.2) is 44.0 Å². The van der Waals surface area contributed by atoms with Crippen molar-refractivity contribution in [2.45, 2.75) is 17.8 Å². The maximum atomic E-state index is 11.0. The van der Waals surface area contributed by atoms with Crippen molar-refractivity contribution in [2.24, 2.45) is 0 Å². The molecule has 73 valence electrons. The van der Waals surface area contributed by atoms with Crippen LogP contribution in [0.2, 0.25) is 4.94 Å². The predicted octanol–water partition coefficient (Wildman–Crippen LogP) is 0.718. The van der Waals surface area contributed by atoms with E-state index in [0.29, 0.717) is 12.8 Å². The van der Waals surface area contributed by atoms with E-state index in [0.717, 1.165) is 11.5 Å². The Balaban J connectivity index is 2.44. The van der Waals surface area contributed by atoms with Crippen LogP contribution >= 0.6 is 11.8 Å². The van der Waals surface area contributed by atoms with Gasteiger partial charge in [-0.25, -0.2) is 0 Å². The van der Waals surface area contributed by atoms with E-state index >= 15 is 0 Å². The van der Waals surface area contributed by atoms with Gasteiger partial charge in [0.2, 0.25) is 0 Å². The summed E-state index contributed by atoms with van der Waals surface area (Å²) in [5.41, 5.74) is 0. The van der Waals surface area contributed by atoms with E-state index in [1.807, 2.05) is 0 Å². The first kappa shape index (κ1) is 11.2. The fraction of sp³-hybridized carbons (Fsp3) is 0.714. The van der Waals surface area contributed by atoms with Crippen LogP contribution in [0.1, 0.15) is 12.8 Å². The number of rotatable bonds is 0. The van der Waals surface area contributed by atoms with Gasteiger partial charge < -0.3 is 0 Å². The molecule has 0 amide bonds. The normalized spacial score (nSPS) is 21.9. The van der Waals surface area contributed by atoms with Gasteiger partial charge >= 0.3 is 89.3 Å². The molecule has 0 unspecified atom stereocenters. The average Bonchev–Trinajstić information content (AvgIpc) is 2.02. The molecule has 0 aromatic carbocycles. The van der Waals surface area contributed by atoms with Crippen molar-refractivity contribution >= 4 is 44.3 Å². The molecule has 1 radical (unpaired) electrons. The molecule has 1 heterocycles. The third-order valence-electron chi connectivity index (χ3n) is 1.42. The van der Waals surface area contributed by atoms with Crippen LogP contribution < -0.4 is 0 Å². The minimum atomic E-state index is -2.58. The number of hydrogen-bond donors (Lipinski definition) is 0. The van der Waals surface area contributed by atoms with Crippen molar-refractivity contribution in [3.8, 4) is 0 Å². The summed E-state index contributed by atoms with van der Waals surface area (Å²) in [5, 5.41) is 0.